The number of aromatic nitrogens is 1. The van der Waals surface area contributed by atoms with Crippen LogP contribution >= 0.6 is 23.7 Å². The SMILES string of the molecule is CC(C)COc1ccc(C(C)(C)CNC(=O)c2csc(CCN)n2)cc1.Cl. The molecule has 5 nitrogen and oxygen atoms in total. The summed E-state index contributed by atoms with van der Waals surface area (Å²) in [5, 5.41) is 5.67. The van der Waals surface area contributed by atoms with E-state index in [1.165, 1.54) is 11.3 Å². The molecule has 2 aromatic rings. The van der Waals surface area contributed by atoms with Crippen molar-refractivity contribution in [2.45, 2.75) is 39.5 Å². The van der Waals surface area contributed by atoms with Crippen LogP contribution in [0.25, 0.3) is 0 Å². The van der Waals surface area contributed by atoms with Crippen molar-refractivity contribution in [2.75, 3.05) is 19.7 Å². The molecule has 0 aliphatic heterocycles. The van der Waals surface area contributed by atoms with Gasteiger partial charge in [0, 0.05) is 23.8 Å². The second kappa shape index (κ2) is 10.6. The maximum absolute atomic E-state index is 12.3. The molecular weight excluding hydrogens is 382 g/mol. The Bertz CT molecular complexity index is 714. The van der Waals surface area contributed by atoms with Crippen molar-refractivity contribution in [2.24, 2.45) is 11.7 Å². The van der Waals surface area contributed by atoms with Gasteiger partial charge in [-0.1, -0.05) is 39.8 Å². The first kappa shape index (κ1) is 23.4. The standard InChI is InChI=1S/C20H29N3O2S.ClH/c1-14(2)11-25-16-7-5-15(6-8-16)20(3,4)13-22-19(24)17-12-26-18(23-17)9-10-21;/h5-8,12,14H,9-11,13,21H2,1-4H3,(H,22,24);1H. The molecule has 2 rings (SSSR count). The average molecular weight is 412 g/mol. The molecule has 150 valence electrons. The Balaban J connectivity index is 0.00000364. The minimum Gasteiger partial charge on any atom is -0.493 e. The summed E-state index contributed by atoms with van der Waals surface area (Å²) < 4.78 is 5.73. The normalized spacial score (nSPS) is 11.2. The molecule has 0 saturated carbocycles. The molecule has 0 fully saturated rings. The summed E-state index contributed by atoms with van der Waals surface area (Å²) in [5.74, 6) is 1.23. The van der Waals surface area contributed by atoms with E-state index in [0.29, 0.717) is 37.7 Å². The van der Waals surface area contributed by atoms with E-state index in [0.717, 1.165) is 16.3 Å². The number of ether oxygens (including phenoxy) is 1. The zero-order valence-corrected chi connectivity index (χ0v) is 18.1. The summed E-state index contributed by atoms with van der Waals surface area (Å²) in [6.07, 6.45) is 0.703. The molecule has 0 bridgehead atoms. The quantitative estimate of drug-likeness (QED) is 0.657. The zero-order chi connectivity index (χ0) is 19.2. The lowest BCUT2D eigenvalue weighted by atomic mass is 9.84. The van der Waals surface area contributed by atoms with Gasteiger partial charge in [-0.15, -0.1) is 23.7 Å². The molecule has 0 atom stereocenters. The Morgan fingerprint density at radius 3 is 2.56 bits per heavy atom. The van der Waals surface area contributed by atoms with Crippen molar-refractivity contribution in [1.82, 2.24) is 10.3 Å². The average Bonchev–Trinajstić information content (AvgIpc) is 3.07. The summed E-state index contributed by atoms with van der Waals surface area (Å²) in [6, 6.07) is 8.09. The van der Waals surface area contributed by atoms with E-state index in [1.807, 2.05) is 12.1 Å². The van der Waals surface area contributed by atoms with E-state index in [2.05, 4.69) is 50.1 Å². The smallest absolute Gasteiger partial charge is 0.270 e. The summed E-state index contributed by atoms with van der Waals surface area (Å²) >= 11 is 1.47. The van der Waals surface area contributed by atoms with Crippen LogP contribution in [0, 0.1) is 5.92 Å². The monoisotopic (exact) mass is 411 g/mol. The van der Waals surface area contributed by atoms with Gasteiger partial charge in [-0.05, 0) is 30.2 Å². The molecule has 1 heterocycles. The Kier molecular flexibility index (Phi) is 9.22. The molecule has 0 aliphatic rings. The number of nitrogens with two attached hydrogens (primary N) is 1. The molecule has 0 radical (unpaired) electrons. The van der Waals surface area contributed by atoms with Crippen LogP contribution in [0.1, 0.15) is 48.8 Å². The molecular formula is C20H30ClN3O2S. The number of carbonyl (C=O) groups is 1. The van der Waals surface area contributed by atoms with Crippen LogP contribution in [-0.2, 0) is 11.8 Å². The minimum absolute atomic E-state index is 0. The largest absolute Gasteiger partial charge is 0.493 e. The number of nitrogens with zero attached hydrogens (tertiary/aromatic N) is 1. The van der Waals surface area contributed by atoms with E-state index in [1.54, 1.807) is 5.38 Å². The first-order valence-electron chi connectivity index (χ1n) is 8.98. The Labute approximate surface area is 172 Å². The van der Waals surface area contributed by atoms with Crippen molar-refractivity contribution in [3.63, 3.8) is 0 Å². The van der Waals surface area contributed by atoms with Gasteiger partial charge in [0.25, 0.3) is 5.91 Å². The van der Waals surface area contributed by atoms with Gasteiger partial charge in [0.1, 0.15) is 11.4 Å². The number of nitrogens with one attached hydrogen (secondary N) is 1. The number of hydrogen-bond donors (Lipinski definition) is 2. The van der Waals surface area contributed by atoms with Crippen LogP contribution < -0.4 is 15.8 Å². The molecule has 27 heavy (non-hydrogen) atoms. The highest BCUT2D eigenvalue weighted by atomic mass is 35.5. The van der Waals surface area contributed by atoms with Gasteiger partial charge in [0.15, 0.2) is 0 Å². The lowest BCUT2D eigenvalue weighted by Gasteiger charge is -2.25. The predicted octanol–water partition coefficient (Wildman–Crippen LogP) is 3.81. The van der Waals surface area contributed by atoms with Gasteiger partial charge in [-0.2, -0.15) is 0 Å². The zero-order valence-electron chi connectivity index (χ0n) is 16.5. The maximum Gasteiger partial charge on any atom is 0.270 e. The molecule has 1 aromatic carbocycles. The topological polar surface area (TPSA) is 77.2 Å². The van der Waals surface area contributed by atoms with Crippen LogP contribution in [0.4, 0.5) is 0 Å². The molecule has 0 aliphatic carbocycles. The number of halogens is 1. The first-order chi connectivity index (χ1) is 12.3. The Morgan fingerprint density at radius 2 is 1.96 bits per heavy atom. The van der Waals surface area contributed by atoms with Crippen LogP contribution in [0.2, 0.25) is 0 Å². The maximum atomic E-state index is 12.3. The fourth-order valence-electron chi connectivity index (χ4n) is 2.41. The number of benzene rings is 1. The third-order valence-electron chi connectivity index (χ3n) is 4.05. The van der Waals surface area contributed by atoms with Crippen molar-refractivity contribution < 1.29 is 9.53 Å². The Morgan fingerprint density at radius 1 is 1.30 bits per heavy atom. The van der Waals surface area contributed by atoms with Crippen molar-refractivity contribution in [3.8, 4) is 5.75 Å². The van der Waals surface area contributed by atoms with E-state index >= 15 is 0 Å². The van der Waals surface area contributed by atoms with Gasteiger partial charge in [-0.3, -0.25) is 4.79 Å². The van der Waals surface area contributed by atoms with Crippen LogP contribution in [0.15, 0.2) is 29.6 Å². The van der Waals surface area contributed by atoms with Crippen molar-refractivity contribution >= 4 is 29.7 Å². The van der Waals surface area contributed by atoms with Gasteiger partial charge in [-0.25, -0.2) is 4.98 Å². The fraction of sp³-hybridized carbons (Fsp3) is 0.500. The molecule has 1 amide bonds. The van der Waals surface area contributed by atoms with Crippen molar-refractivity contribution in [3.05, 3.63) is 45.9 Å². The second-order valence-corrected chi connectivity index (χ2v) is 8.40. The molecule has 3 N–H and O–H groups in total. The van der Waals surface area contributed by atoms with Crippen LogP contribution in [-0.4, -0.2) is 30.6 Å². The summed E-state index contributed by atoms with van der Waals surface area (Å²) in [4.78, 5) is 16.7. The lowest BCUT2D eigenvalue weighted by Crippen LogP contribution is -2.36. The van der Waals surface area contributed by atoms with E-state index in [4.69, 9.17) is 10.5 Å². The fourth-order valence-corrected chi connectivity index (χ4v) is 3.21. The summed E-state index contributed by atoms with van der Waals surface area (Å²) in [5.41, 5.74) is 6.95. The van der Waals surface area contributed by atoms with Crippen LogP contribution in [0.5, 0.6) is 5.75 Å². The molecule has 7 heteroatoms. The number of rotatable bonds is 9. The van der Waals surface area contributed by atoms with Gasteiger partial charge >= 0.3 is 0 Å². The Hall–Kier alpha value is -1.63. The predicted molar refractivity (Wildman–Crippen MR) is 114 cm³/mol. The van der Waals surface area contributed by atoms with Gasteiger partial charge in [0.2, 0.25) is 0 Å². The highest BCUT2D eigenvalue weighted by molar-refractivity contribution is 7.09. The lowest BCUT2D eigenvalue weighted by molar-refractivity contribution is 0.0941. The molecule has 0 unspecified atom stereocenters. The molecule has 1 aromatic heterocycles. The third-order valence-corrected chi connectivity index (χ3v) is 4.96. The summed E-state index contributed by atoms with van der Waals surface area (Å²) in [6.45, 7) is 10.2. The van der Waals surface area contributed by atoms with Crippen LogP contribution in [0.3, 0.4) is 0 Å². The number of thiazole rings is 1. The number of carbonyl (C=O) groups excluding carboxylic acids is 1. The third kappa shape index (κ3) is 7.13. The van der Waals surface area contributed by atoms with E-state index in [-0.39, 0.29) is 23.7 Å². The number of amides is 1. The minimum atomic E-state index is -0.192. The molecule has 0 spiro atoms. The first-order valence-corrected chi connectivity index (χ1v) is 9.86. The van der Waals surface area contributed by atoms with E-state index < -0.39 is 0 Å². The number of hydrogen-bond acceptors (Lipinski definition) is 5. The summed E-state index contributed by atoms with van der Waals surface area (Å²) in [7, 11) is 0. The van der Waals surface area contributed by atoms with Crippen molar-refractivity contribution in [1.29, 1.82) is 0 Å². The highest BCUT2D eigenvalue weighted by Gasteiger charge is 2.22. The van der Waals surface area contributed by atoms with Gasteiger partial charge in [0.05, 0.1) is 11.6 Å². The highest BCUT2D eigenvalue weighted by Crippen LogP contribution is 2.25. The van der Waals surface area contributed by atoms with Gasteiger partial charge < -0.3 is 15.8 Å². The molecule has 0 saturated heterocycles. The van der Waals surface area contributed by atoms with E-state index in [9.17, 15) is 4.79 Å². The second-order valence-electron chi connectivity index (χ2n) is 7.46.